The van der Waals surface area contributed by atoms with E-state index in [-0.39, 0.29) is 0 Å². The van der Waals surface area contributed by atoms with Crippen LogP contribution in [-0.2, 0) is 6.42 Å². The van der Waals surface area contributed by atoms with Crippen molar-refractivity contribution in [2.45, 2.75) is 38.9 Å². The van der Waals surface area contributed by atoms with Gasteiger partial charge in [0, 0.05) is 24.9 Å². The molecule has 1 aromatic carbocycles. The van der Waals surface area contributed by atoms with Gasteiger partial charge in [-0.05, 0) is 37.4 Å². The minimum atomic E-state index is -0.596. The summed E-state index contributed by atoms with van der Waals surface area (Å²) >= 11 is 6.21. The van der Waals surface area contributed by atoms with Crippen LogP contribution in [0.2, 0.25) is 5.02 Å². The van der Waals surface area contributed by atoms with Crippen LogP contribution in [0.3, 0.4) is 0 Å². The molecule has 3 nitrogen and oxygen atoms in total. The number of halogens is 1. The van der Waals surface area contributed by atoms with E-state index in [9.17, 15) is 0 Å². The Kier molecular flexibility index (Phi) is 3.50. The Morgan fingerprint density at radius 3 is 2.47 bits per heavy atom. The van der Waals surface area contributed by atoms with Crippen molar-refractivity contribution in [3.05, 3.63) is 22.7 Å². The van der Waals surface area contributed by atoms with Crippen LogP contribution in [0.5, 0.6) is 11.5 Å². The number of aryl methyl sites for hydroxylation is 1. The number of fused-ring (bicyclic) bond motifs is 1. The highest BCUT2D eigenvalue weighted by atomic mass is 35.5. The van der Waals surface area contributed by atoms with Gasteiger partial charge in [-0.1, -0.05) is 11.6 Å². The van der Waals surface area contributed by atoms with Crippen molar-refractivity contribution < 1.29 is 9.47 Å². The van der Waals surface area contributed by atoms with E-state index >= 15 is 0 Å². The van der Waals surface area contributed by atoms with Crippen molar-refractivity contribution in [2.75, 3.05) is 6.54 Å². The van der Waals surface area contributed by atoms with Crippen LogP contribution in [0.4, 0.5) is 0 Å². The maximum Gasteiger partial charge on any atom is 0.246 e. The molecule has 0 aromatic heterocycles. The Bertz CT molecular complexity index is 418. The lowest BCUT2D eigenvalue weighted by Gasteiger charge is -2.16. The molecule has 1 aromatic rings. The fourth-order valence-electron chi connectivity index (χ4n) is 1.94. The van der Waals surface area contributed by atoms with Gasteiger partial charge in [0.25, 0.3) is 0 Å². The Labute approximate surface area is 107 Å². The number of ether oxygens (including phenoxy) is 2. The molecule has 0 amide bonds. The van der Waals surface area contributed by atoms with Crippen LogP contribution in [0.15, 0.2) is 12.1 Å². The van der Waals surface area contributed by atoms with Crippen LogP contribution in [0.1, 0.15) is 32.3 Å². The summed E-state index contributed by atoms with van der Waals surface area (Å²) in [7, 11) is 0. The van der Waals surface area contributed by atoms with Crippen LogP contribution < -0.4 is 15.2 Å². The Hall–Kier alpha value is -0.930. The fraction of sp³-hybridized carbons (Fsp3) is 0.538. The summed E-state index contributed by atoms with van der Waals surface area (Å²) < 4.78 is 11.3. The summed E-state index contributed by atoms with van der Waals surface area (Å²) in [5.74, 6) is 0.909. The first-order valence-corrected chi connectivity index (χ1v) is 6.30. The highest BCUT2D eigenvalue weighted by Gasteiger charge is 2.32. The normalized spacial score (nSPS) is 16.2. The highest BCUT2D eigenvalue weighted by molar-refractivity contribution is 6.31. The lowest BCUT2D eigenvalue weighted by Crippen LogP contribution is -2.29. The van der Waals surface area contributed by atoms with Gasteiger partial charge in [0.05, 0.1) is 0 Å². The number of nitrogens with two attached hydrogens (primary N) is 1. The average Bonchev–Trinajstić information content (AvgIpc) is 2.52. The molecule has 0 saturated carbocycles. The van der Waals surface area contributed by atoms with E-state index in [2.05, 4.69) is 0 Å². The van der Waals surface area contributed by atoms with Gasteiger partial charge in [-0.2, -0.15) is 0 Å². The summed E-state index contributed by atoms with van der Waals surface area (Å²) in [6.07, 6.45) is 2.97. The summed E-state index contributed by atoms with van der Waals surface area (Å²) in [5.41, 5.74) is 6.58. The number of unbranched alkanes of at least 4 members (excludes halogenated alkanes) is 1. The SMILES string of the molecule is CC1(C)Oc2cc(Cl)c(CCCCN)cc2O1. The topological polar surface area (TPSA) is 44.5 Å². The average molecular weight is 256 g/mol. The molecule has 4 heteroatoms. The largest absolute Gasteiger partial charge is 0.449 e. The fourth-order valence-corrected chi connectivity index (χ4v) is 2.19. The number of hydrogen-bond acceptors (Lipinski definition) is 3. The van der Waals surface area contributed by atoms with Gasteiger partial charge < -0.3 is 15.2 Å². The van der Waals surface area contributed by atoms with Gasteiger partial charge in [0.2, 0.25) is 5.79 Å². The van der Waals surface area contributed by atoms with Crippen molar-refractivity contribution in [3.63, 3.8) is 0 Å². The van der Waals surface area contributed by atoms with Gasteiger partial charge in [-0.15, -0.1) is 0 Å². The Balaban J connectivity index is 2.16. The van der Waals surface area contributed by atoms with Gasteiger partial charge >= 0.3 is 0 Å². The third kappa shape index (κ3) is 2.85. The zero-order valence-electron chi connectivity index (χ0n) is 10.3. The molecular formula is C13H18ClNO2. The highest BCUT2D eigenvalue weighted by Crippen LogP contribution is 2.42. The zero-order valence-corrected chi connectivity index (χ0v) is 11.0. The maximum atomic E-state index is 6.21. The molecule has 0 fully saturated rings. The second-order valence-corrected chi connectivity index (χ2v) is 5.15. The first kappa shape index (κ1) is 12.5. The van der Waals surface area contributed by atoms with Gasteiger partial charge in [0.1, 0.15) is 0 Å². The number of hydrogen-bond donors (Lipinski definition) is 1. The van der Waals surface area contributed by atoms with Crippen LogP contribution in [0.25, 0.3) is 0 Å². The Morgan fingerprint density at radius 1 is 1.18 bits per heavy atom. The third-order valence-corrected chi connectivity index (χ3v) is 3.08. The standard InChI is InChI=1S/C13H18ClNO2/c1-13(2)16-11-7-9(5-3-4-6-15)10(14)8-12(11)17-13/h7-8H,3-6,15H2,1-2H3. The van der Waals surface area contributed by atoms with E-state index in [1.165, 1.54) is 0 Å². The molecule has 1 aliphatic heterocycles. The van der Waals surface area contributed by atoms with Crippen molar-refractivity contribution in [1.82, 2.24) is 0 Å². The number of benzene rings is 1. The molecule has 1 aliphatic rings. The predicted molar refractivity (Wildman–Crippen MR) is 68.8 cm³/mol. The second-order valence-electron chi connectivity index (χ2n) is 4.74. The van der Waals surface area contributed by atoms with Crippen LogP contribution in [-0.4, -0.2) is 12.3 Å². The van der Waals surface area contributed by atoms with Crippen molar-refractivity contribution in [3.8, 4) is 11.5 Å². The van der Waals surface area contributed by atoms with Gasteiger partial charge in [-0.3, -0.25) is 0 Å². The van der Waals surface area contributed by atoms with Gasteiger partial charge in [0.15, 0.2) is 11.5 Å². The summed E-state index contributed by atoms with van der Waals surface area (Å²) in [4.78, 5) is 0. The van der Waals surface area contributed by atoms with Crippen molar-refractivity contribution in [1.29, 1.82) is 0 Å². The summed E-state index contributed by atoms with van der Waals surface area (Å²) in [6, 6.07) is 3.81. The molecule has 0 radical (unpaired) electrons. The molecule has 0 saturated heterocycles. The monoisotopic (exact) mass is 255 g/mol. The van der Waals surface area contributed by atoms with Crippen LogP contribution >= 0.6 is 11.6 Å². The summed E-state index contributed by atoms with van der Waals surface area (Å²) in [5, 5.41) is 0.738. The molecule has 17 heavy (non-hydrogen) atoms. The molecule has 1 heterocycles. The second kappa shape index (κ2) is 4.75. The molecule has 0 unspecified atom stereocenters. The molecule has 0 atom stereocenters. The molecule has 0 aliphatic carbocycles. The van der Waals surface area contributed by atoms with E-state index in [4.69, 9.17) is 26.8 Å². The van der Waals surface area contributed by atoms with E-state index in [1.54, 1.807) is 0 Å². The molecular weight excluding hydrogens is 238 g/mol. The van der Waals surface area contributed by atoms with E-state index in [1.807, 2.05) is 26.0 Å². The maximum absolute atomic E-state index is 6.21. The summed E-state index contributed by atoms with van der Waals surface area (Å²) in [6.45, 7) is 4.49. The molecule has 0 spiro atoms. The molecule has 2 N–H and O–H groups in total. The molecule has 94 valence electrons. The smallest absolute Gasteiger partial charge is 0.246 e. The quantitative estimate of drug-likeness (QED) is 0.841. The van der Waals surface area contributed by atoms with E-state index < -0.39 is 5.79 Å². The first-order chi connectivity index (χ1) is 8.02. The lowest BCUT2D eigenvalue weighted by molar-refractivity contribution is -0.0431. The minimum absolute atomic E-state index is 0.596. The lowest BCUT2D eigenvalue weighted by atomic mass is 10.1. The molecule has 0 bridgehead atoms. The minimum Gasteiger partial charge on any atom is -0.449 e. The van der Waals surface area contributed by atoms with Crippen LogP contribution in [0, 0.1) is 0 Å². The number of rotatable bonds is 4. The third-order valence-electron chi connectivity index (χ3n) is 2.72. The predicted octanol–water partition coefficient (Wildman–Crippen LogP) is 3.13. The van der Waals surface area contributed by atoms with Gasteiger partial charge in [-0.25, -0.2) is 0 Å². The molecule has 2 rings (SSSR count). The van der Waals surface area contributed by atoms with E-state index in [0.29, 0.717) is 0 Å². The van der Waals surface area contributed by atoms with Crippen molar-refractivity contribution in [2.24, 2.45) is 5.73 Å². The van der Waals surface area contributed by atoms with Crippen molar-refractivity contribution >= 4 is 11.6 Å². The Morgan fingerprint density at radius 2 is 1.82 bits per heavy atom. The zero-order chi connectivity index (χ0) is 12.5. The first-order valence-electron chi connectivity index (χ1n) is 5.92. The van der Waals surface area contributed by atoms with E-state index in [0.717, 1.165) is 47.9 Å².